The van der Waals surface area contributed by atoms with E-state index in [9.17, 15) is 17.9 Å². The largest absolute Gasteiger partial charge is 0.772 e. The Kier molecular flexibility index (Phi) is 3.93. The SMILES string of the molecule is COC(=O)c1ccc(F)c(CS(=O)[O-])c1. The van der Waals surface area contributed by atoms with Gasteiger partial charge in [-0.1, -0.05) is 11.1 Å². The van der Waals surface area contributed by atoms with E-state index in [0.717, 1.165) is 12.1 Å². The Balaban J connectivity index is 3.05. The average Bonchev–Trinajstić information content (AvgIpc) is 2.19. The molecule has 0 aromatic heterocycles. The Bertz CT molecular complexity index is 405. The third-order valence-corrected chi connectivity index (χ3v) is 2.29. The number of halogens is 1. The number of benzene rings is 1. The molecule has 0 amide bonds. The van der Waals surface area contributed by atoms with Gasteiger partial charge in [-0.3, -0.25) is 4.21 Å². The molecular weight excluding hydrogens is 223 g/mol. The molecule has 6 heteroatoms. The third-order valence-electron chi connectivity index (χ3n) is 1.74. The number of carbonyl (C=O) groups excluding carboxylic acids is 1. The summed E-state index contributed by atoms with van der Waals surface area (Å²) in [6, 6.07) is 3.43. The van der Waals surface area contributed by atoms with Gasteiger partial charge in [-0.2, -0.15) is 0 Å². The van der Waals surface area contributed by atoms with Crippen LogP contribution < -0.4 is 0 Å². The first-order valence-electron chi connectivity index (χ1n) is 3.97. The van der Waals surface area contributed by atoms with E-state index >= 15 is 0 Å². The van der Waals surface area contributed by atoms with Crippen molar-refractivity contribution in [2.24, 2.45) is 0 Å². The molecule has 0 radical (unpaired) electrons. The van der Waals surface area contributed by atoms with Crippen LogP contribution in [0.4, 0.5) is 4.39 Å². The van der Waals surface area contributed by atoms with Crippen molar-refractivity contribution in [2.75, 3.05) is 7.11 Å². The first kappa shape index (κ1) is 11.8. The zero-order chi connectivity index (χ0) is 11.4. The van der Waals surface area contributed by atoms with Crippen molar-refractivity contribution < 1.29 is 22.7 Å². The monoisotopic (exact) mass is 231 g/mol. The van der Waals surface area contributed by atoms with Crippen molar-refractivity contribution in [3.05, 3.63) is 35.1 Å². The van der Waals surface area contributed by atoms with Crippen LogP contribution in [0.1, 0.15) is 15.9 Å². The Morgan fingerprint density at radius 3 is 2.80 bits per heavy atom. The fraction of sp³-hybridized carbons (Fsp3) is 0.222. The third kappa shape index (κ3) is 3.10. The molecule has 0 heterocycles. The molecule has 0 aliphatic heterocycles. The van der Waals surface area contributed by atoms with Crippen LogP contribution in [0, 0.1) is 5.82 Å². The van der Waals surface area contributed by atoms with Crippen LogP contribution in [0.25, 0.3) is 0 Å². The molecule has 15 heavy (non-hydrogen) atoms. The van der Waals surface area contributed by atoms with Gasteiger partial charge >= 0.3 is 5.97 Å². The maximum absolute atomic E-state index is 13.1. The molecule has 0 aliphatic carbocycles. The highest BCUT2D eigenvalue weighted by atomic mass is 32.2. The molecule has 1 unspecified atom stereocenters. The van der Waals surface area contributed by atoms with Gasteiger partial charge in [0.25, 0.3) is 0 Å². The summed E-state index contributed by atoms with van der Waals surface area (Å²) in [6.45, 7) is 0. The minimum atomic E-state index is -2.39. The first-order chi connectivity index (χ1) is 7.04. The number of carbonyl (C=O) groups is 1. The summed E-state index contributed by atoms with van der Waals surface area (Å²) in [6.07, 6.45) is 0. The van der Waals surface area contributed by atoms with Gasteiger partial charge in [0.15, 0.2) is 0 Å². The average molecular weight is 231 g/mol. The molecule has 82 valence electrons. The smallest absolute Gasteiger partial charge is 0.337 e. The van der Waals surface area contributed by atoms with E-state index in [4.69, 9.17) is 0 Å². The number of hydrogen-bond donors (Lipinski definition) is 0. The van der Waals surface area contributed by atoms with E-state index in [1.54, 1.807) is 0 Å². The molecule has 0 fully saturated rings. The molecule has 1 atom stereocenters. The first-order valence-corrected chi connectivity index (χ1v) is 5.21. The van der Waals surface area contributed by atoms with Crippen LogP contribution in [-0.4, -0.2) is 21.8 Å². The van der Waals surface area contributed by atoms with E-state index in [1.807, 2.05) is 0 Å². The lowest BCUT2D eigenvalue weighted by atomic mass is 10.1. The predicted octanol–water partition coefficient (Wildman–Crippen LogP) is 0.991. The summed E-state index contributed by atoms with van der Waals surface area (Å²) < 4.78 is 38.3. The van der Waals surface area contributed by atoms with Crippen molar-refractivity contribution in [2.45, 2.75) is 5.75 Å². The second-order valence-electron chi connectivity index (χ2n) is 2.75. The van der Waals surface area contributed by atoms with Crippen LogP contribution in [0.2, 0.25) is 0 Å². The fourth-order valence-corrected chi connectivity index (χ4v) is 1.53. The van der Waals surface area contributed by atoms with Gasteiger partial charge in [-0.05, 0) is 23.8 Å². The van der Waals surface area contributed by atoms with Crippen molar-refractivity contribution in [3.8, 4) is 0 Å². The minimum Gasteiger partial charge on any atom is -0.772 e. The Labute approximate surface area is 88.3 Å². The maximum atomic E-state index is 13.1. The van der Waals surface area contributed by atoms with Crippen LogP contribution in [-0.2, 0) is 21.6 Å². The van der Waals surface area contributed by atoms with E-state index < -0.39 is 28.6 Å². The second-order valence-corrected chi connectivity index (χ2v) is 3.64. The summed E-state index contributed by atoms with van der Waals surface area (Å²) in [7, 11) is 1.19. The highest BCUT2D eigenvalue weighted by molar-refractivity contribution is 7.78. The topological polar surface area (TPSA) is 66.4 Å². The summed E-state index contributed by atoms with van der Waals surface area (Å²) in [5.41, 5.74) is 0.0746. The molecule has 0 spiro atoms. The maximum Gasteiger partial charge on any atom is 0.337 e. The highest BCUT2D eigenvalue weighted by Crippen LogP contribution is 2.13. The van der Waals surface area contributed by atoms with Crippen LogP contribution in [0.3, 0.4) is 0 Å². The van der Waals surface area contributed by atoms with Gasteiger partial charge < -0.3 is 9.29 Å². The Morgan fingerprint density at radius 1 is 1.60 bits per heavy atom. The van der Waals surface area contributed by atoms with Gasteiger partial charge in [0, 0.05) is 5.75 Å². The molecule has 4 nitrogen and oxygen atoms in total. The van der Waals surface area contributed by atoms with Crippen molar-refractivity contribution >= 4 is 17.0 Å². The van der Waals surface area contributed by atoms with Crippen LogP contribution in [0.5, 0.6) is 0 Å². The van der Waals surface area contributed by atoms with Crippen LogP contribution in [0.15, 0.2) is 18.2 Å². The zero-order valence-corrected chi connectivity index (χ0v) is 8.67. The molecule has 0 aliphatic rings. The molecule has 0 saturated heterocycles. The van der Waals surface area contributed by atoms with Crippen molar-refractivity contribution in [3.63, 3.8) is 0 Å². The molecule has 1 rings (SSSR count). The molecule has 0 saturated carbocycles. The van der Waals surface area contributed by atoms with Crippen LogP contribution >= 0.6 is 0 Å². The lowest BCUT2D eigenvalue weighted by Crippen LogP contribution is -2.04. The minimum absolute atomic E-state index is 0.0498. The molecule has 1 aromatic carbocycles. The molecule has 0 bridgehead atoms. The molecular formula is C9H8FO4S-. The van der Waals surface area contributed by atoms with Gasteiger partial charge in [0.2, 0.25) is 0 Å². The highest BCUT2D eigenvalue weighted by Gasteiger charge is 2.09. The van der Waals surface area contributed by atoms with Gasteiger partial charge in [0.05, 0.1) is 12.7 Å². The van der Waals surface area contributed by atoms with E-state index in [-0.39, 0.29) is 11.1 Å². The van der Waals surface area contributed by atoms with Crippen molar-refractivity contribution in [1.82, 2.24) is 0 Å². The number of ether oxygens (including phenoxy) is 1. The van der Waals surface area contributed by atoms with E-state index in [0.29, 0.717) is 0 Å². The summed E-state index contributed by atoms with van der Waals surface area (Å²) in [5.74, 6) is -1.75. The number of methoxy groups -OCH3 is 1. The van der Waals surface area contributed by atoms with Crippen molar-refractivity contribution in [1.29, 1.82) is 0 Å². The Hall–Kier alpha value is -1.27. The zero-order valence-electron chi connectivity index (χ0n) is 7.86. The molecule has 0 N–H and O–H groups in total. The fourth-order valence-electron chi connectivity index (χ4n) is 1.06. The Morgan fingerprint density at radius 2 is 2.27 bits per heavy atom. The standard InChI is InChI=1S/C9H9FO4S/c1-14-9(11)6-2-3-8(10)7(4-6)5-15(12)13/h2-4H,5H2,1H3,(H,12,13)/p-1. The summed E-state index contributed by atoms with van der Waals surface area (Å²) in [4.78, 5) is 11.1. The molecule has 1 aromatic rings. The summed E-state index contributed by atoms with van der Waals surface area (Å²) in [5, 5.41) is 0. The number of rotatable bonds is 3. The number of hydrogen-bond acceptors (Lipinski definition) is 4. The van der Waals surface area contributed by atoms with Gasteiger partial charge in [-0.25, -0.2) is 9.18 Å². The van der Waals surface area contributed by atoms with E-state index in [1.165, 1.54) is 13.2 Å². The van der Waals surface area contributed by atoms with Gasteiger partial charge in [-0.15, -0.1) is 0 Å². The predicted molar refractivity (Wildman–Crippen MR) is 50.4 cm³/mol. The summed E-state index contributed by atoms with van der Waals surface area (Å²) >= 11 is -2.39. The lowest BCUT2D eigenvalue weighted by molar-refractivity contribution is 0.0600. The normalized spacial score (nSPS) is 12.2. The number of esters is 1. The second kappa shape index (κ2) is 4.99. The quantitative estimate of drug-likeness (QED) is 0.574. The van der Waals surface area contributed by atoms with Gasteiger partial charge in [0.1, 0.15) is 5.82 Å². The van der Waals surface area contributed by atoms with E-state index in [2.05, 4.69) is 4.74 Å². The lowest BCUT2D eigenvalue weighted by Gasteiger charge is -2.07.